The van der Waals surface area contributed by atoms with Gasteiger partial charge in [0.1, 0.15) is 6.54 Å². The molecule has 1 aliphatic rings. The van der Waals surface area contributed by atoms with E-state index in [0.717, 1.165) is 17.7 Å². The van der Waals surface area contributed by atoms with Gasteiger partial charge in [0.2, 0.25) is 5.91 Å². The Bertz CT molecular complexity index is 700. The number of carbonyl (C=O) groups is 1. The quantitative estimate of drug-likeness (QED) is 0.767. The van der Waals surface area contributed by atoms with Crippen LogP contribution in [0.4, 0.5) is 0 Å². The Kier molecular flexibility index (Phi) is 4.39. The molecule has 0 spiro atoms. The van der Waals surface area contributed by atoms with Crippen molar-refractivity contribution >= 4 is 17.2 Å². The van der Waals surface area contributed by atoms with Gasteiger partial charge in [0.25, 0.3) is 0 Å². The van der Waals surface area contributed by atoms with Gasteiger partial charge in [0.15, 0.2) is 5.82 Å². The topological polar surface area (TPSA) is 78.2 Å². The lowest BCUT2D eigenvalue weighted by molar-refractivity contribution is -0.122. The second kappa shape index (κ2) is 6.45. The molecule has 8 heteroatoms. The summed E-state index contributed by atoms with van der Waals surface area (Å²) in [5, 5.41) is 9.02. The van der Waals surface area contributed by atoms with Crippen LogP contribution in [0, 0.1) is 0 Å². The predicted molar refractivity (Wildman–Crippen MR) is 83.0 cm³/mol. The highest BCUT2D eigenvalue weighted by Gasteiger charge is 2.30. The molecule has 22 heavy (non-hydrogen) atoms. The smallest absolute Gasteiger partial charge is 0.346 e. The van der Waals surface area contributed by atoms with Crippen LogP contribution in [0.25, 0.3) is 10.7 Å². The summed E-state index contributed by atoms with van der Waals surface area (Å²) in [7, 11) is 1.57. The minimum Gasteiger partial charge on any atom is -0.383 e. The predicted octanol–water partition coefficient (Wildman–Crippen LogP) is 0.871. The van der Waals surface area contributed by atoms with Gasteiger partial charge >= 0.3 is 5.69 Å². The molecule has 0 unspecified atom stereocenters. The summed E-state index contributed by atoms with van der Waals surface area (Å²) in [5.74, 6) is 0.421. The molecule has 1 fully saturated rings. The zero-order valence-corrected chi connectivity index (χ0v) is 13.1. The first-order valence-corrected chi connectivity index (χ1v) is 8.07. The van der Waals surface area contributed by atoms with E-state index >= 15 is 0 Å². The van der Waals surface area contributed by atoms with Crippen LogP contribution in [-0.4, -0.2) is 40.5 Å². The molecule has 0 saturated heterocycles. The van der Waals surface area contributed by atoms with Crippen LogP contribution in [0.5, 0.6) is 0 Å². The molecule has 2 aromatic heterocycles. The van der Waals surface area contributed by atoms with Crippen LogP contribution in [-0.2, 0) is 16.1 Å². The maximum absolute atomic E-state index is 12.5. The van der Waals surface area contributed by atoms with Crippen LogP contribution in [0.3, 0.4) is 0 Å². The molecule has 0 bridgehead atoms. The van der Waals surface area contributed by atoms with Crippen molar-refractivity contribution in [2.24, 2.45) is 0 Å². The number of nitrogens with one attached hydrogen (secondary N) is 1. The number of amides is 1. The lowest BCUT2D eigenvalue weighted by Gasteiger charge is -2.03. The molecule has 0 atom stereocenters. The van der Waals surface area contributed by atoms with Crippen molar-refractivity contribution in [3.8, 4) is 10.7 Å². The van der Waals surface area contributed by atoms with E-state index in [9.17, 15) is 9.59 Å². The second-order valence-electron chi connectivity index (χ2n) is 5.19. The van der Waals surface area contributed by atoms with Gasteiger partial charge in [-0.1, -0.05) is 6.07 Å². The number of nitrogens with zero attached hydrogens (tertiary/aromatic N) is 3. The van der Waals surface area contributed by atoms with E-state index in [0.29, 0.717) is 19.0 Å². The van der Waals surface area contributed by atoms with Crippen LogP contribution < -0.4 is 11.0 Å². The third kappa shape index (κ3) is 3.12. The molecular formula is C14H18N4O3S. The Hall–Kier alpha value is -1.93. The normalized spacial score (nSPS) is 14.2. The summed E-state index contributed by atoms with van der Waals surface area (Å²) in [6.45, 7) is 0.795. The van der Waals surface area contributed by atoms with Gasteiger partial charge < -0.3 is 10.1 Å². The number of ether oxygens (including phenoxy) is 1. The van der Waals surface area contributed by atoms with Gasteiger partial charge in [0, 0.05) is 19.7 Å². The Labute approximate surface area is 131 Å². The monoisotopic (exact) mass is 322 g/mol. The SMILES string of the molecule is COCCNC(=O)Cn1nc(-c2cccs2)n(C2CC2)c1=O. The number of rotatable bonds is 7. The summed E-state index contributed by atoms with van der Waals surface area (Å²) in [6, 6.07) is 4.09. The fourth-order valence-electron chi connectivity index (χ4n) is 2.24. The summed E-state index contributed by atoms with van der Waals surface area (Å²) in [5.41, 5.74) is -0.215. The number of carbonyl (C=O) groups excluding carboxylic acids is 1. The van der Waals surface area contributed by atoms with Gasteiger partial charge in [0.05, 0.1) is 11.5 Å². The number of hydrogen-bond acceptors (Lipinski definition) is 5. The molecule has 1 saturated carbocycles. The highest BCUT2D eigenvalue weighted by atomic mass is 32.1. The molecule has 0 radical (unpaired) electrons. The van der Waals surface area contributed by atoms with Crippen LogP contribution in [0.1, 0.15) is 18.9 Å². The Morgan fingerprint density at radius 2 is 2.36 bits per heavy atom. The molecular weight excluding hydrogens is 304 g/mol. The van der Waals surface area contributed by atoms with Crippen LogP contribution >= 0.6 is 11.3 Å². The lowest BCUT2D eigenvalue weighted by atomic mass is 10.4. The maximum Gasteiger partial charge on any atom is 0.346 e. The summed E-state index contributed by atoms with van der Waals surface area (Å²) in [4.78, 5) is 25.3. The average Bonchev–Trinajstić information content (AvgIpc) is 3.08. The van der Waals surface area contributed by atoms with E-state index in [1.54, 1.807) is 23.0 Å². The second-order valence-corrected chi connectivity index (χ2v) is 6.13. The van der Waals surface area contributed by atoms with E-state index in [2.05, 4.69) is 10.4 Å². The lowest BCUT2D eigenvalue weighted by Crippen LogP contribution is -2.35. The summed E-state index contributed by atoms with van der Waals surface area (Å²) >= 11 is 1.54. The van der Waals surface area contributed by atoms with Crippen LogP contribution in [0.15, 0.2) is 22.3 Å². The zero-order valence-electron chi connectivity index (χ0n) is 12.3. The van der Waals surface area contributed by atoms with Gasteiger partial charge in [-0.15, -0.1) is 16.4 Å². The van der Waals surface area contributed by atoms with Gasteiger partial charge in [-0.2, -0.15) is 0 Å². The van der Waals surface area contributed by atoms with E-state index in [4.69, 9.17) is 4.74 Å². The number of methoxy groups -OCH3 is 1. The molecule has 2 heterocycles. The molecule has 118 valence electrons. The first kappa shape index (κ1) is 15.0. The average molecular weight is 322 g/mol. The minimum atomic E-state index is -0.239. The third-order valence-electron chi connectivity index (χ3n) is 3.45. The summed E-state index contributed by atoms with van der Waals surface area (Å²) < 4.78 is 7.84. The van der Waals surface area contributed by atoms with Gasteiger partial charge in [-0.05, 0) is 24.3 Å². The Morgan fingerprint density at radius 1 is 1.55 bits per heavy atom. The minimum absolute atomic E-state index is 0.0688. The molecule has 1 amide bonds. The fraction of sp³-hybridized carbons (Fsp3) is 0.500. The van der Waals surface area contributed by atoms with Crippen molar-refractivity contribution < 1.29 is 9.53 Å². The van der Waals surface area contributed by atoms with Crippen LogP contribution in [0.2, 0.25) is 0 Å². The molecule has 1 N–H and O–H groups in total. The van der Waals surface area contributed by atoms with Crippen molar-refractivity contribution in [3.63, 3.8) is 0 Å². The molecule has 0 aromatic carbocycles. The Balaban J connectivity index is 1.82. The Morgan fingerprint density at radius 3 is 3.00 bits per heavy atom. The number of aromatic nitrogens is 3. The molecule has 3 rings (SSSR count). The fourth-order valence-corrected chi connectivity index (χ4v) is 2.95. The highest BCUT2D eigenvalue weighted by Crippen LogP contribution is 2.37. The van der Waals surface area contributed by atoms with E-state index < -0.39 is 0 Å². The number of thiophene rings is 1. The summed E-state index contributed by atoms with van der Waals surface area (Å²) in [6.07, 6.45) is 1.98. The van der Waals surface area contributed by atoms with E-state index in [1.807, 2.05) is 17.5 Å². The van der Waals surface area contributed by atoms with Crippen molar-refractivity contribution in [1.82, 2.24) is 19.7 Å². The van der Waals surface area contributed by atoms with Crippen molar-refractivity contribution in [2.45, 2.75) is 25.4 Å². The van der Waals surface area contributed by atoms with Gasteiger partial charge in [-0.25, -0.2) is 9.48 Å². The zero-order chi connectivity index (χ0) is 15.5. The molecule has 7 nitrogen and oxygen atoms in total. The molecule has 2 aromatic rings. The van der Waals surface area contributed by atoms with Crippen molar-refractivity contribution in [3.05, 3.63) is 28.0 Å². The molecule has 1 aliphatic carbocycles. The first-order chi connectivity index (χ1) is 10.7. The van der Waals surface area contributed by atoms with E-state index in [1.165, 1.54) is 4.68 Å². The maximum atomic E-state index is 12.5. The standard InChI is InChI=1S/C14H18N4O3S/c1-21-7-6-15-12(19)9-17-14(20)18(10-4-5-10)13(16-17)11-3-2-8-22-11/h2-3,8,10H,4-7,9H2,1H3,(H,15,19). The van der Waals surface area contributed by atoms with Gasteiger partial charge in [-0.3, -0.25) is 9.36 Å². The van der Waals surface area contributed by atoms with Crippen molar-refractivity contribution in [1.29, 1.82) is 0 Å². The highest BCUT2D eigenvalue weighted by molar-refractivity contribution is 7.13. The largest absolute Gasteiger partial charge is 0.383 e. The third-order valence-corrected chi connectivity index (χ3v) is 4.31. The van der Waals surface area contributed by atoms with Crippen molar-refractivity contribution in [2.75, 3.05) is 20.3 Å². The van der Waals surface area contributed by atoms with E-state index in [-0.39, 0.29) is 24.2 Å². The number of hydrogen-bond donors (Lipinski definition) is 1. The molecule has 0 aliphatic heterocycles. The first-order valence-electron chi connectivity index (χ1n) is 7.19.